The van der Waals surface area contributed by atoms with Crippen molar-refractivity contribution in [2.75, 3.05) is 33.4 Å². The third kappa shape index (κ3) is 3.74. The van der Waals surface area contributed by atoms with Crippen LogP contribution in [0, 0.1) is 5.92 Å². The number of piperidine rings is 1. The van der Waals surface area contributed by atoms with Crippen molar-refractivity contribution in [3.8, 4) is 5.75 Å². The van der Waals surface area contributed by atoms with Crippen LogP contribution in [0.1, 0.15) is 37.7 Å². The first-order valence-corrected chi connectivity index (χ1v) is 10.0. The Labute approximate surface area is 156 Å². The second kappa shape index (κ2) is 7.97. The van der Waals surface area contributed by atoms with E-state index < -0.39 is 0 Å². The number of hydrogen-bond donors (Lipinski definition) is 0. The Morgan fingerprint density at radius 1 is 1.12 bits per heavy atom. The Morgan fingerprint density at radius 3 is 2.62 bits per heavy atom. The lowest BCUT2D eigenvalue weighted by Crippen LogP contribution is -2.51. The smallest absolute Gasteiger partial charge is 0.228 e. The topological polar surface area (TPSA) is 42.0 Å². The number of nitrogens with zero attached hydrogens (tertiary/aromatic N) is 2. The molecule has 3 aliphatic rings. The number of benzene rings is 1. The maximum atomic E-state index is 13.1. The Morgan fingerprint density at radius 2 is 1.88 bits per heavy atom. The van der Waals surface area contributed by atoms with Gasteiger partial charge in [0.25, 0.3) is 0 Å². The van der Waals surface area contributed by atoms with Crippen molar-refractivity contribution in [1.82, 2.24) is 9.80 Å². The molecule has 1 saturated carbocycles. The third-order valence-corrected chi connectivity index (χ3v) is 6.29. The van der Waals surface area contributed by atoms with E-state index in [2.05, 4.69) is 4.90 Å². The lowest BCUT2D eigenvalue weighted by Gasteiger charge is -2.40. The van der Waals surface area contributed by atoms with Crippen LogP contribution in [0.4, 0.5) is 0 Å². The molecule has 1 aromatic carbocycles. The standard InChI is InChI=1S/C21H30N2O3/c1-25-18-8-6-16(7-9-18)14-23-12-13-26-20-15-22(17-4-2-3-5-17)11-10-19(20)21(23)24/h6-9,17,19-20H,2-5,10-15H2,1H3/t19-,20+/m0/s1. The van der Waals surface area contributed by atoms with Gasteiger partial charge in [0.15, 0.2) is 0 Å². The first-order chi connectivity index (χ1) is 12.7. The molecule has 2 heterocycles. The summed E-state index contributed by atoms with van der Waals surface area (Å²) < 4.78 is 11.4. The van der Waals surface area contributed by atoms with Gasteiger partial charge in [-0.05, 0) is 43.5 Å². The monoisotopic (exact) mass is 358 g/mol. The number of fused-ring (bicyclic) bond motifs is 1. The summed E-state index contributed by atoms with van der Waals surface area (Å²) in [5.41, 5.74) is 1.14. The van der Waals surface area contributed by atoms with Crippen molar-refractivity contribution in [3.63, 3.8) is 0 Å². The predicted molar refractivity (Wildman–Crippen MR) is 100 cm³/mol. The molecule has 0 N–H and O–H groups in total. The number of rotatable bonds is 4. The molecular weight excluding hydrogens is 328 g/mol. The van der Waals surface area contributed by atoms with E-state index in [0.29, 0.717) is 25.7 Å². The van der Waals surface area contributed by atoms with Gasteiger partial charge in [-0.2, -0.15) is 0 Å². The van der Waals surface area contributed by atoms with Crippen molar-refractivity contribution in [2.45, 2.75) is 50.8 Å². The van der Waals surface area contributed by atoms with Gasteiger partial charge in [0, 0.05) is 25.7 Å². The number of likely N-dealkylation sites (tertiary alicyclic amines) is 1. The zero-order valence-electron chi connectivity index (χ0n) is 15.7. The number of carbonyl (C=O) groups excluding carboxylic acids is 1. The van der Waals surface area contributed by atoms with E-state index in [4.69, 9.17) is 9.47 Å². The van der Waals surface area contributed by atoms with Gasteiger partial charge in [0.05, 0.1) is 25.7 Å². The van der Waals surface area contributed by atoms with Crippen molar-refractivity contribution < 1.29 is 14.3 Å². The molecule has 2 saturated heterocycles. The lowest BCUT2D eigenvalue weighted by atomic mass is 9.91. The number of carbonyl (C=O) groups is 1. The average Bonchev–Trinajstić information content (AvgIpc) is 3.17. The van der Waals surface area contributed by atoms with Gasteiger partial charge in [0.1, 0.15) is 5.75 Å². The molecule has 0 aromatic heterocycles. The Hall–Kier alpha value is -1.59. The summed E-state index contributed by atoms with van der Waals surface area (Å²) in [7, 11) is 1.67. The summed E-state index contributed by atoms with van der Waals surface area (Å²) in [5.74, 6) is 1.14. The number of methoxy groups -OCH3 is 1. The molecule has 5 heteroatoms. The maximum absolute atomic E-state index is 13.1. The SMILES string of the molecule is COc1ccc(CN2CCO[C@@H]3CN(C4CCCC4)CC[C@@H]3C2=O)cc1. The second-order valence-corrected chi connectivity index (χ2v) is 7.85. The van der Waals surface area contributed by atoms with E-state index in [9.17, 15) is 4.79 Å². The highest BCUT2D eigenvalue weighted by molar-refractivity contribution is 5.80. The Balaban J connectivity index is 1.40. The summed E-state index contributed by atoms with van der Waals surface area (Å²) in [5, 5.41) is 0. The highest BCUT2D eigenvalue weighted by Crippen LogP contribution is 2.31. The van der Waals surface area contributed by atoms with Gasteiger partial charge in [-0.3, -0.25) is 9.69 Å². The Kier molecular flexibility index (Phi) is 5.46. The minimum atomic E-state index is 0.0217. The molecular formula is C21H30N2O3. The van der Waals surface area contributed by atoms with Crippen molar-refractivity contribution >= 4 is 5.91 Å². The zero-order chi connectivity index (χ0) is 17.9. The van der Waals surface area contributed by atoms with E-state index >= 15 is 0 Å². The molecule has 0 radical (unpaired) electrons. The van der Waals surface area contributed by atoms with Gasteiger partial charge in [-0.25, -0.2) is 0 Å². The van der Waals surface area contributed by atoms with E-state index in [1.165, 1.54) is 25.7 Å². The lowest BCUT2D eigenvalue weighted by molar-refractivity contribution is -0.140. The molecule has 2 aliphatic heterocycles. The fourth-order valence-electron chi connectivity index (χ4n) is 4.76. The molecule has 4 rings (SSSR count). The summed E-state index contributed by atoms with van der Waals surface area (Å²) >= 11 is 0. The molecule has 1 aromatic rings. The normalized spacial score (nSPS) is 28.0. The van der Waals surface area contributed by atoms with Gasteiger partial charge < -0.3 is 14.4 Å². The van der Waals surface area contributed by atoms with Crippen LogP contribution in [-0.2, 0) is 16.1 Å². The second-order valence-electron chi connectivity index (χ2n) is 7.85. The molecule has 0 bridgehead atoms. The summed E-state index contributed by atoms with van der Waals surface area (Å²) in [6.07, 6.45) is 6.33. The Bertz CT molecular complexity index is 612. The molecule has 142 valence electrons. The largest absolute Gasteiger partial charge is 0.497 e. The molecule has 0 unspecified atom stereocenters. The van der Waals surface area contributed by atoms with Crippen LogP contribution in [0.3, 0.4) is 0 Å². The molecule has 5 nitrogen and oxygen atoms in total. The van der Waals surface area contributed by atoms with Crippen molar-refractivity contribution in [1.29, 1.82) is 0 Å². The van der Waals surface area contributed by atoms with Gasteiger partial charge in [-0.1, -0.05) is 25.0 Å². The van der Waals surface area contributed by atoms with E-state index in [-0.39, 0.29) is 17.9 Å². The van der Waals surface area contributed by atoms with Crippen molar-refractivity contribution in [2.24, 2.45) is 5.92 Å². The van der Waals surface area contributed by atoms with Crippen LogP contribution < -0.4 is 4.74 Å². The summed E-state index contributed by atoms with van der Waals surface area (Å²) in [4.78, 5) is 17.7. The molecule has 1 aliphatic carbocycles. The zero-order valence-corrected chi connectivity index (χ0v) is 15.7. The summed E-state index contributed by atoms with van der Waals surface area (Å²) in [6.45, 7) is 3.94. The minimum absolute atomic E-state index is 0.0217. The van der Waals surface area contributed by atoms with Crippen molar-refractivity contribution in [3.05, 3.63) is 29.8 Å². The quantitative estimate of drug-likeness (QED) is 0.830. The first-order valence-electron chi connectivity index (χ1n) is 10.0. The van der Waals surface area contributed by atoms with Crippen LogP contribution in [0.2, 0.25) is 0 Å². The van der Waals surface area contributed by atoms with E-state index in [1.807, 2.05) is 29.2 Å². The van der Waals surface area contributed by atoms with Crippen LogP contribution in [0.5, 0.6) is 5.75 Å². The fraction of sp³-hybridized carbons (Fsp3) is 0.667. The van der Waals surface area contributed by atoms with Crippen LogP contribution in [0.25, 0.3) is 0 Å². The van der Waals surface area contributed by atoms with Crippen LogP contribution >= 0.6 is 0 Å². The maximum Gasteiger partial charge on any atom is 0.228 e. The van der Waals surface area contributed by atoms with Gasteiger partial charge in [0.2, 0.25) is 5.91 Å². The number of amides is 1. The fourth-order valence-corrected chi connectivity index (χ4v) is 4.76. The van der Waals surface area contributed by atoms with E-state index in [1.54, 1.807) is 7.11 Å². The molecule has 3 fully saturated rings. The molecule has 1 amide bonds. The average molecular weight is 358 g/mol. The highest BCUT2D eigenvalue weighted by atomic mass is 16.5. The number of ether oxygens (including phenoxy) is 2. The van der Waals surface area contributed by atoms with Gasteiger partial charge >= 0.3 is 0 Å². The molecule has 0 spiro atoms. The van der Waals surface area contributed by atoms with Crippen LogP contribution in [0.15, 0.2) is 24.3 Å². The number of hydrogen-bond acceptors (Lipinski definition) is 4. The predicted octanol–water partition coefficient (Wildman–Crippen LogP) is 2.69. The minimum Gasteiger partial charge on any atom is -0.497 e. The molecule has 26 heavy (non-hydrogen) atoms. The molecule has 2 atom stereocenters. The van der Waals surface area contributed by atoms with Crippen LogP contribution in [-0.4, -0.2) is 61.2 Å². The first kappa shape index (κ1) is 17.8. The highest BCUT2D eigenvalue weighted by Gasteiger charge is 2.40. The van der Waals surface area contributed by atoms with E-state index in [0.717, 1.165) is 30.8 Å². The summed E-state index contributed by atoms with van der Waals surface area (Å²) in [6, 6.07) is 8.71. The van der Waals surface area contributed by atoms with Gasteiger partial charge in [-0.15, -0.1) is 0 Å². The third-order valence-electron chi connectivity index (χ3n) is 6.29.